The molecule has 0 unspecified atom stereocenters. The number of hydrogen-bond donors (Lipinski definition) is 3. The van der Waals surface area contributed by atoms with Gasteiger partial charge in [-0.2, -0.15) is 0 Å². The number of guanidine groups is 1. The van der Waals surface area contributed by atoms with E-state index in [0.29, 0.717) is 0 Å². The van der Waals surface area contributed by atoms with Gasteiger partial charge in [-0.3, -0.25) is 20.2 Å². The minimum atomic E-state index is -1.06. The first kappa shape index (κ1) is 11.6. The lowest BCUT2D eigenvalue weighted by Crippen LogP contribution is -2.46. The van der Waals surface area contributed by atoms with Gasteiger partial charge in [0.1, 0.15) is 0 Å². The Morgan fingerprint density at radius 2 is 1.47 bits per heavy atom. The van der Waals surface area contributed by atoms with Crippen molar-refractivity contribution in [1.82, 2.24) is 10.6 Å². The summed E-state index contributed by atoms with van der Waals surface area (Å²) in [6.07, 6.45) is 0. The van der Waals surface area contributed by atoms with Crippen molar-refractivity contribution in [3.05, 3.63) is 0 Å². The molecule has 6 nitrogen and oxygen atoms in total. The molecule has 0 aromatic rings. The number of nitrogens with zero attached hydrogens (tertiary/aromatic N) is 1. The Bertz CT molecular complexity index is 321. The van der Waals surface area contributed by atoms with E-state index in [-0.39, 0.29) is 5.96 Å². The Kier molecular flexibility index (Phi) is 2.56. The van der Waals surface area contributed by atoms with Crippen molar-refractivity contribution in [2.75, 3.05) is 0 Å². The minimum absolute atomic E-state index is 0.0807. The Hall–Kier alpha value is -1.43. The summed E-state index contributed by atoms with van der Waals surface area (Å²) in [6, 6.07) is 0. The lowest BCUT2D eigenvalue weighted by molar-refractivity contribution is -0.135. The van der Waals surface area contributed by atoms with Gasteiger partial charge in [0, 0.05) is 0 Å². The van der Waals surface area contributed by atoms with Crippen LogP contribution in [0, 0.1) is 0 Å². The first-order valence-corrected chi connectivity index (χ1v) is 4.58. The van der Waals surface area contributed by atoms with Crippen LogP contribution in [0.4, 0.5) is 0 Å². The van der Waals surface area contributed by atoms with Crippen molar-refractivity contribution >= 4 is 17.8 Å². The molecule has 0 atom stereocenters. The SMILES string of the molecule is CC(C)(O)C(C)(C)N=C1NC(=O)C(=O)N1. The standard InChI is InChI=1S/C9H15N3O3/c1-8(2,9(3,4)15)12-7-10-5(13)6(14)11-7/h15H,1-4H3,(H2,10,11,12,13,14). The molecule has 2 amide bonds. The van der Waals surface area contributed by atoms with E-state index in [9.17, 15) is 14.7 Å². The number of nitrogens with one attached hydrogen (secondary N) is 2. The Labute approximate surface area is 87.8 Å². The summed E-state index contributed by atoms with van der Waals surface area (Å²) in [5.41, 5.74) is -1.87. The summed E-state index contributed by atoms with van der Waals surface area (Å²) in [6.45, 7) is 6.62. The van der Waals surface area contributed by atoms with Gasteiger partial charge in [-0.15, -0.1) is 0 Å². The first-order valence-electron chi connectivity index (χ1n) is 4.58. The van der Waals surface area contributed by atoms with Crippen LogP contribution in [-0.4, -0.2) is 34.0 Å². The monoisotopic (exact) mass is 213 g/mol. The Balaban J connectivity index is 2.90. The van der Waals surface area contributed by atoms with Crippen LogP contribution in [0.2, 0.25) is 0 Å². The summed E-state index contributed by atoms with van der Waals surface area (Å²) in [7, 11) is 0. The van der Waals surface area contributed by atoms with Crippen molar-refractivity contribution in [1.29, 1.82) is 0 Å². The summed E-state index contributed by atoms with van der Waals surface area (Å²) in [5.74, 6) is -1.39. The molecule has 1 fully saturated rings. The van der Waals surface area contributed by atoms with E-state index in [1.165, 1.54) is 0 Å². The molecule has 0 bridgehead atoms. The molecule has 15 heavy (non-hydrogen) atoms. The van der Waals surface area contributed by atoms with Gasteiger partial charge in [-0.25, -0.2) is 4.99 Å². The molecule has 3 N–H and O–H groups in total. The fourth-order valence-corrected chi connectivity index (χ4v) is 0.832. The zero-order valence-corrected chi connectivity index (χ0v) is 9.21. The second-order valence-electron chi connectivity index (χ2n) is 4.49. The largest absolute Gasteiger partial charge is 0.388 e. The number of carbonyl (C=O) groups excluding carboxylic acids is 2. The summed E-state index contributed by atoms with van der Waals surface area (Å²) >= 11 is 0. The summed E-state index contributed by atoms with van der Waals surface area (Å²) in [4.78, 5) is 25.8. The summed E-state index contributed by atoms with van der Waals surface area (Å²) < 4.78 is 0. The van der Waals surface area contributed by atoms with E-state index in [1.807, 2.05) is 0 Å². The predicted molar refractivity (Wildman–Crippen MR) is 54.1 cm³/mol. The van der Waals surface area contributed by atoms with Gasteiger partial charge in [-0.1, -0.05) is 0 Å². The highest BCUT2D eigenvalue weighted by Gasteiger charge is 2.37. The zero-order valence-electron chi connectivity index (χ0n) is 9.21. The van der Waals surface area contributed by atoms with Crippen molar-refractivity contribution < 1.29 is 14.7 Å². The third-order valence-electron chi connectivity index (χ3n) is 2.56. The highest BCUT2D eigenvalue weighted by molar-refractivity contribution is 6.45. The lowest BCUT2D eigenvalue weighted by Gasteiger charge is -2.33. The van der Waals surface area contributed by atoms with E-state index >= 15 is 0 Å². The molecule has 0 aromatic carbocycles. The van der Waals surface area contributed by atoms with Crippen molar-refractivity contribution in [3.8, 4) is 0 Å². The molecule has 6 heteroatoms. The average molecular weight is 213 g/mol. The third kappa shape index (κ3) is 2.33. The number of amides is 2. The molecular formula is C9H15N3O3. The smallest absolute Gasteiger partial charge is 0.316 e. The molecule has 1 aliphatic heterocycles. The molecule has 1 saturated heterocycles. The fraction of sp³-hybridized carbons (Fsp3) is 0.667. The molecule has 0 saturated carbocycles. The Morgan fingerprint density at radius 3 is 1.80 bits per heavy atom. The van der Waals surface area contributed by atoms with Crippen LogP contribution in [0.25, 0.3) is 0 Å². The van der Waals surface area contributed by atoms with Crippen LogP contribution in [0.5, 0.6) is 0 Å². The van der Waals surface area contributed by atoms with Crippen LogP contribution in [0.1, 0.15) is 27.7 Å². The quantitative estimate of drug-likeness (QED) is 0.521. The molecule has 0 aromatic heterocycles. The van der Waals surface area contributed by atoms with Gasteiger partial charge in [0.15, 0.2) is 0 Å². The van der Waals surface area contributed by atoms with Gasteiger partial charge in [-0.05, 0) is 27.7 Å². The maximum atomic E-state index is 10.9. The topological polar surface area (TPSA) is 90.8 Å². The number of aliphatic imine (C=N–C) groups is 1. The predicted octanol–water partition coefficient (Wildman–Crippen LogP) is -0.862. The van der Waals surface area contributed by atoms with Crippen LogP contribution in [0.3, 0.4) is 0 Å². The van der Waals surface area contributed by atoms with Crippen LogP contribution in [0.15, 0.2) is 4.99 Å². The zero-order chi connectivity index (χ0) is 11.9. The normalized spacial score (nSPS) is 17.5. The van der Waals surface area contributed by atoms with E-state index in [4.69, 9.17) is 0 Å². The first-order chi connectivity index (χ1) is 6.63. The average Bonchev–Trinajstić information content (AvgIpc) is 2.27. The van der Waals surface area contributed by atoms with E-state index in [2.05, 4.69) is 15.6 Å². The van der Waals surface area contributed by atoms with Gasteiger partial charge in [0.25, 0.3) is 0 Å². The number of aliphatic hydroxyl groups is 1. The van der Waals surface area contributed by atoms with Crippen LogP contribution >= 0.6 is 0 Å². The maximum absolute atomic E-state index is 10.9. The van der Waals surface area contributed by atoms with Gasteiger partial charge in [0.2, 0.25) is 5.96 Å². The van der Waals surface area contributed by atoms with Gasteiger partial charge < -0.3 is 5.11 Å². The molecule has 0 radical (unpaired) electrons. The van der Waals surface area contributed by atoms with Crippen molar-refractivity contribution in [2.24, 2.45) is 4.99 Å². The molecule has 1 heterocycles. The third-order valence-corrected chi connectivity index (χ3v) is 2.56. The van der Waals surface area contributed by atoms with Crippen LogP contribution in [-0.2, 0) is 9.59 Å². The number of carbonyl (C=O) groups is 2. The van der Waals surface area contributed by atoms with Crippen molar-refractivity contribution in [3.63, 3.8) is 0 Å². The second kappa shape index (κ2) is 3.30. The molecule has 84 valence electrons. The summed E-state index contributed by atoms with van der Waals surface area (Å²) in [5, 5.41) is 14.3. The minimum Gasteiger partial charge on any atom is -0.388 e. The lowest BCUT2D eigenvalue weighted by atomic mass is 9.87. The fourth-order valence-electron chi connectivity index (χ4n) is 0.832. The number of rotatable bonds is 2. The molecular weight excluding hydrogens is 198 g/mol. The molecule has 0 spiro atoms. The van der Waals surface area contributed by atoms with Crippen LogP contribution < -0.4 is 10.6 Å². The van der Waals surface area contributed by atoms with E-state index < -0.39 is 23.0 Å². The highest BCUT2D eigenvalue weighted by Crippen LogP contribution is 2.24. The maximum Gasteiger partial charge on any atom is 0.316 e. The molecule has 1 rings (SSSR count). The van der Waals surface area contributed by atoms with E-state index in [1.54, 1.807) is 27.7 Å². The van der Waals surface area contributed by atoms with Gasteiger partial charge >= 0.3 is 11.8 Å². The van der Waals surface area contributed by atoms with E-state index in [0.717, 1.165) is 0 Å². The molecule has 0 aliphatic carbocycles. The number of hydrogen-bond acceptors (Lipinski definition) is 4. The second-order valence-corrected chi connectivity index (χ2v) is 4.49. The molecule has 1 aliphatic rings. The van der Waals surface area contributed by atoms with Crippen molar-refractivity contribution in [2.45, 2.75) is 38.8 Å². The van der Waals surface area contributed by atoms with Gasteiger partial charge in [0.05, 0.1) is 11.1 Å². The highest BCUT2D eigenvalue weighted by atomic mass is 16.3. The Morgan fingerprint density at radius 1 is 1.07 bits per heavy atom.